The van der Waals surface area contributed by atoms with Gasteiger partial charge in [0.25, 0.3) is 0 Å². The minimum absolute atomic E-state index is 0.0738. The molecule has 25 heavy (non-hydrogen) atoms. The smallest absolute Gasteiger partial charge is 0.248 e. The minimum atomic E-state index is -0.0738. The molecule has 4 heteroatoms. The summed E-state index contributed by atoms with van der Waals surface area (Å²) in [5, 5.41) is 2.41. The van der Waals surface area contributed by atoms with Crippen LogP contribution in [0, 0.1) is 0 Å². The molecule has 0 N–H and O–H groups in total. The van der Waals surface area contributed by atoms with Crippen molar-refractivity contribution in [2.24, 2.45) is 12.0 Å². The molecule has 0 saturated heterocycles. The molecule has 3 aromatic carbocycles. The highest BCUT2D eigenvalue weighted by Crippen LogP contribution is 2.27. The van der Waals surface area contributed by atoms with Gasteiger partial charge in [-0.25, -0.2) is 0 Å². The maximum absolute atomic E-state index is 12.3. The van der Waals surface area contributed by atoms with Crippen molar-refractivity contribution < 1.29 is 4.79 Å². The number of hydrogen-bond donors (Lipinski definition) is 0. The molecule has 0 aliphatic rings. The third kappa shape index (κ3) is 3.13. The summed E-state index contributed by atoms with van der Waals surface area (Å²) in [4.78, 5) is 17.4. The highest BCUT2D eigenvalue weighted by molar-refractivity contribution is 7.17. The molecule has 0 saturated carbocycles. The van der Waals surface area contributed by atoms with Crippen molar-refractivity contribution in [3.05, 3.63) is 77.1 Å². The fourth-order valence-electron chi connectivity index (χ4n) is 3.02. The van der Waals surface area contributed by atoms with Crippen molar-refractivity contribution in [3.8, 4) is 0 Å². The SMILES string of the molecule is Cn1c(=NC(=O)CCc2ccccc2)sc2c3ccccc3ccc21. The van der Waals surface area contributed by atoms with Crippen molar-refractivity contribution in [1.29, 1.82) is 0 Å². The summed E-state index contributed by atoms with van der Waals surface area (Å²) >= 11 is 1.58. The minimum Gasteiger partial charge on any atom is -0.319 e. The molecule has 124 valence electrons. The second kappa shape index (κ2) is 6.65. The van der Waals surface area contributed by atoms with Crippen LogP contribution in [-0.2, 0) is 18.3 Å². The van der Waals surface area contributed by atoms with Gasteiger partial charge in [-0.2, -0.15) is 4.99 Å². The zero-order valence-corrected chi connectivity index (χ0v) is 14.8. The number of fused-ring (bicyclic) bond motifs is 3. The summed E-state index contributed by atoms with van der Waals surface area (Å²) in [6, 6.07) is 22.6. The Morgan fingerprint density at radius 3 is 2.60 bits per heavy atom. The van der Waals surface area contributed by atoms with Gasteiger partial charge in [-0.3, -0.25) is 4.79 Å². The second-order valence-electron chi connectivity index (χ2n) is 6.07. The van der Waals surface area contributed by atoms with Crippen molar-refractivity contribution in [2.45, 2.75) is 12.8 Å². The van der Waals surface area contributed by atoms with Crippen LogP contribution in [0.1, 0.15) is 12.0 Å². The number of amides is 1. The van der Waals surface area contributed by atoms with Crippen molar-refractivity contribution in [2.75, 3.05) is 0 Å². The van der Waals surface area contributed by atoms with Gasteiger partial charge in [-0.15, -0.1) is 0 Å². The largest absolute Gasteiger partial charge is 0.319 e. The zero-order valence-electron chi connectivity index (χ0n) is 14.0. The number of hydrogen-bond acceptors (Lipinski definition) is 2. The van der Waals surface area contributed by atoms with Crippen LogP contribution < -0.4 is 4.80 Å². The van der Waals surface area contributed by atoms with Crippen LogP contribution in [0.3, 0.4) is 0 Å². The molecule has 0 radical (unpaired) electrons. The molecule has 0 bridgehead atoms. The molecule has 4 aromatic rings. The Morgan fingerprint density at radius 2 is 1.76 bits per heavy atom. The molecule has 3 nitrogen and oxygen atoms in total. The average Bonchev–Trinajstić information content (AvgIpc) is 2.97. The van der Waals surface area contributed by atoms with E-state index in [2.05, 4.69) is 29.3 Å². The van der Waals surface area contributed by atoms with Crippen LogP contribution in [0.25, 0.3) is 21.0 Å². The van der Waals surface area contributed by atoms with Crippen LogP contribution in [-0.4, -0.2) is 10.5 Å². The Bertz CT molecular complexity index is 1120. The van der Waals surface area contributed by atoms with Crippen LogP contribution in [0.4, 0.5) is 0 Å². The van der Waals surface area contributed by atoms with E-state index in [1.807, 2.05) is 54.1 Å². The second-order valence-corrected chi connectivity index (χ2v) is 7.05. The topological polar surface area (TPSA) is 34.4 Å². The Kier molecular flexibility index (Phi) is 4.20. The van der Waals surface area contributed by atoms with E-state index in [9.17, 15) is 4.79 Å². The highest BCUT2D eigenvalue weighted by atomic mass is 32.1. The lowest BCUT2D eigenvalue weighted by Crippen LogP contribution is -2.13. The van der Waals surface area contributed by atoms with E-state index < -0.39 is 0 Å². The van der Waals surface area contributed by atoms with Gasteiger partial charge in [0.15, 0.2) is 4.80 Å². The number of thiazole rings is 1. The first-order chi connectivity index (χ1) is 12.2. The number of aromatic nitrogens is 1. The Labute approximate surface area is 149 Å². The maximum atomic E-state index is 12.3. The van der Waals surface area contributed by atoms with Crippen molar-refractivity contribution in [1.82, 2.24) is 4.57 Å². The number of benzene rings is 3. The van der Waals surface area contributed by atoms with Gasteiger partial charge in [0, 0.05) is 18.9 Å². The van der Waals surface area contributed by atoms with E-state index >= 15 is 0 Å². The van der Waals surface area contributed by atoms with Gasteiger partial charge in [-0.05, 0) is 23.4 Å². The Morgan fingerprint density at radius 1 is 1.00 bits per heavy atom. The molecule has 1 aromatic heterocycles. The summed E-state index contributed by atoms with van der Waals surface area (Å²) in [6.45, 7) is 0. The number of carbonyl (C=O) groups excluding carboxylic acids is 1. The lowest BCUT2D eigenvalue weighted by Gasteiger charge is -1.99. The van der Waals surface area contributed by atoms with Crippen LogP contribution in [0.2, 0.25) is 0 Å². The Balaban J connectivity index is 1.68. The van der Waals surface area contributed by atoms with Gasteiger partial charge in [0.2, 0.25) is 5.91 Å². The number of carbonyl (C=O) groups is 1. The first kappa shape index (κ1) is 15.8. The molecule has 4 rings (SSSR count). The average molecular weight is 346 g/mol. The van der Waals surface area contributed by atoms with Gasteiger partial charge < -0.3 is 4.57 Å². The van der Waals surface area contributed by atoms with E-state index in [0.29, 0.717) is 6.42 Å². The molecule has 0 fully saturated rings. The predicted molar refractivity (Wildman–Crippen MR) is 104 cm³/mol. The lowest BCUT2D eigenvalue weighted by atomic mass is 10.1. The molecule has 0 aliphatic heterocycles. The fraction of sp³-hybridized carbons (Fsp3) is 0.143. The lowest BCUT2D eigenvalue weighted by molar-refractivity contribution is -0.118. The monoisotopic (exact) mass is 346 g/mol. The normalized spacial score (nSPS) is 12.1. The molecule has 1 amide bonds. The zero-order chi connectivity index (χ0) is 17.2. The number of aryl methyl sites for hydroxylation is 2. The van der Waals surface area contributed by atoms with E-state index in [1.165, 1.54) is 15.5 Å². The highest BCUT2D eigenvalue weighted by Gasteiger charge is 2.08. The van der Waals surface area contributed by atoms with Gasteiger partial charge >= 0.3 is 0 Å². The molecule has 1 heterocycles. The van der Waals surface area contributed by atoms with Gasteiger partial charge in [0.1, 0.15) is 0 Å². The van der Waals surface area contributed by atoms with Crippen LogP contribution in [0.15, 0.2) is 71.7 Å². The van der Waals surface area contributed by atoms with Gasteiger partial charge in [-0.1, -0.05) is 72.0 Å². The molecule has 0 aliphatic carbocycles. The van der Waals surface area contributed by atoms with Crippen molar-refractivity contribution >= 4 is 38.2 Å². The third-order valence-corrected chi connectivity index (χ3v) is 5.57. The quantitative estimate of drug-likeness (QED) is 0.539. The predicted octanol–water partition coefficient (Wildman–Crippen LogP) is 4.45. The van der Waals surface area contributed by atoms with Crippen molar-refractivity contribution in [3.63, 3.8) is 0 Å². The molecule has 0 spiro atoms. The Hall–Kier alpha value is -2.72. The molecule has 0 atom stereocenters. The number of rotatable bonds is 3. The summed E-state index contributed by atoms with van der Waals surface area (Å²) in [5.74, 6) is -0.0738. The van der Waals surface area contributed by atoms with E-state index in [-0.39, 0.29) is 5.91 Å². The van der Waals surface area contributed by atoms with Crippen LogP contribution >= 0.6 is 11.3 Å². The summed E-state index contributed by atoms with van der Waals surface area (Å²) in [5.41, 5.74) is 2.27. The first-order valence-corrected chi connectivity index (χ1v) is 9.13. The van der Waals surface area contributed by atoms with E-state index in [1.54, 1.807) is 11.3 Å². The molecular formula is C21H18N2OS. The first-order valence-electron chi connectivity index (χ1n) is 8.31. The van der Waals surface area contributed by atoms with E-state index in [4.69, 9.17) is 0 Å². The summed E-state index contributed by atoms with van der Waals surface area (Å²) < 4.78 is 3.18. The van der Waals surface area contributed by atoms with E-state index in [0.717, 1.165) is 22.3 Å². The maximum Gasteiger partial charge on any atom is 0.248 e. The summed E-state index contributed by atoms with van der Waals surface area (Å²) in [6.07, 6.45) is 1.15. The molecule has 0 unspecified atom stereocenters. The third-order valence-electron chi connectivity index (χ3n) is 4.39. The summed E-state index contributed by atoms with van der Waals surface area (Å²) in [7, 11) is 1.97. The van der Waals surface area contributed by atoms with Crippen LogP contribution in [0.5, 0.6) is 0 Å². The fourth-order valence-corrected chi connectivity index (χ4v) is 4.19. The number of nitrogens with zero attached hydrogens (tertiary/aromatic N) is 2. The molecular weight excluding hydrogens is 328 g/mol. The van der Waals surface area contributed by atoms with Gasteiger partial charge in [0.05, 0.1) is 10.2 Å². The standard InChI is InChI=1S/C21H18N2OS/c1-23-18-13-12-16-9-5-6-10-17(16)20(18)25-21(23)22-19(24)14-11-15-7-3-2-4-8-15/h2-10,12-13H,11,14H2,1H3.